The van der Waals surface area contributed by atoms with Crippen LogP contribution in [0.5, 0.6) is 11.5 Å². The molecule has 1 aromatic heterocycles. The van der Waals surface area contributed by atoms with Gasteiger partial charge in [-0.05, 0) is 90.7 Å². The molecule has 0 saturated carbocycles. The predicted molar refractivity (Wildman–Crippen MR) is 306 cm³/mol. The number of carbonyl (C=O) groups is 8. The lowest BCUT2D eigenvalue weighted by Gasteiger charge is -2.29. The van der Waals surface area contributed by atoms with E-state index in [1.54, 1.807) is 26.1 Å². The number of fused-ring (bicyclic) bond motifs is 1. The van der Waals surface area contributed by atoms with Crippen LogP contribution in [0.15, 0.2) is 103 Å². The molecule has 16 N–H and O–H groups in total. The molecule has 4 unspecified atom stereocenters. The van der Waals surface area contributed by atoms with Crippen molar-refractivity contribution >= 4 is 85.4 Å². The minimum absolute atomic E-state index is 0.0376. The van der Waals surface area contributed by atoms with E-state index in [1.165, 1.54) is 72.8 Å². The fourth-order valence-corrected chi connectivity index (χ4v) is 11.1. The van der Waals surface area contributed by atoms with E-state index in [1.807, 2.05) is 18.2 Å². The van der Waals surface area contributed by atoms with E-state index in [0.29, 0.717) is 35.1 Å². The number of aromatic hydroxyl groups is 2. The molecule has 1 aliphatic rings. The zero-order chi connectivity index (χ0) is 58.8. The second-order valence-electron chi connectivity index (χ2n) is 19.9. The number of nitrogens with one attached hydrogen (secondary N) is 8. The van der Waals surface area contributed by atoms with Gasteiger partial charge < -0.3 is 69.6 Å². The number of amides is 8. The Hall–Kier alpha value is -8.20. The van der Waals surface area contributed by atoms with Crippen molar-refractivity contribution in [2.24, 2.45) is 23.1 Å². The number of benzene rings is 4. The maximum absolute atomic E-state index is 14.9. The zero-order valence-corrected chi connectivity index (χ0v) is 46.2. The number of hydrogen-bond acceptors (Lipinski definition) is 16. The minimum Gasteiger partial charge on any atom is -0.508 e. The first-order valence-electron chi connectivity index (χ1n) is 26.2. The Kier molecular flexibility index (Phi) is 22.9. The van der Waals surface area contributed by atoms with Gasteiger partial charge in [-0.2, -0.15) is 0 Å². The average Bonchev–Trinajstić information content (AvgIpc) is 4.04. The van der Waals surface area contributed by atoms with E-state index in [9.17, 15) is 58.7 Å². The summed E-state index contributed by atoms with van der Waals surface area (Å²) in [5.41, 5.74) is 20.6. The van der Waals surface area contributed by atoms with E-state index < -0.39 is 106 Å². The van der Waals surface area contributed by atoms with Crippen LogP contribution in [0.2, 0.25) is 0 Å². The number of non-ortho nitro benzene ring substituents is 1. The number of H-pyrrole nitrogens is 1. The van der Waals surface area contributed by atoms with Crippen molar-refractivity contribution in [2.75, 3.05) is 18.1 Å². The number of aromatic amines is 1. The number of nitrogens with zero attached hydrogens (tertiary/aromatic N) is 1. The monoisotopic (exact) mass is 1150 g/mol. The molecule has 81 heavy (non-hydrogen) atoms. The van der Waals surface area contributed by atoms with Crippen LogP contribution in [0, 0.1) is 16.0 Å². The van der Waals surface area contributed by atoms with Crippen LogP contribution < -0.4 is 54.4 Å². The molecule has 1 aliphatic heterocycles. The number of nitro groups is 1. The van der Waals surface area contributed by atoms with Crippen molar-refractivity contribution in [3.63, 3.8) is 0 Å². The molecule has 0 radical (unpaired) electrons. The van der Waals surface area contributed by atoms with E-state index in [2.05, 4.69) is 42.2 Å². The number of nitro benzene ring substituents is 1. The molecule has 1 saturated heterocycles. The van der Waals surface area contributed by atoms with Crippen molar-refractivity contribution in [3.05, 3.63) is 136 Å². The molecule has 432 valence electrons. The van der Waals surface area contributed by atoms with Crippen molar-refractivity contribution in [3.8, 4) is 11.5 Å². The first-order chi connectivity index (χ1) is 38.7. The van der Waals surface area contributed by atoms with Gasteiger partial charge in [-0.15, -0.1) is 0 Å². The highest BCUT2D eigenvalue weighted by Gasteiger charge is 2.36. The standard InChI is InChI=1S/C55H68N12O12S2/c1-30(2)47-55(77)65-46(53(75)61-42(48(58)70)24-32-12-18-36(68)19-13-32)29-81-80-28-45(64-49(71)39(57)23-31-10-16-35(17-11-31)67(78)79)54(76)62-43(25-33-14-20-37(69)21-15-33)51(73)63-44(26-34-27-59-40-8-4-3-7-38(34)40)52(74)60-41(50(72)66-47)9-5-6-22-56/h3-4,7-8,10-21,27,30,39,41-47,59,68-69H,5-6,9,22-26,28-29,56-57H2,1-2H3,(H2,58,70)(H,60,74)(H,61,75)(H,62,76)(H,63,73)(H,64,71)(H,65,77)(H,66,72)/t39-,41-,42-,43-,44?,45?,46?,47?/m0/s1. The molecule has 2 heterocycles. The van der Waals surface area contributed by atoms with Crippen LogP contribution in [0.25, 0.3) is 10.9 Å². The second-order valence-corrected chi connectivity index (χ2v) is 22.4. The normalized spacial score (nSPS) is 20.6. The minimum atomic E-state index is -1.47. The summed E-state index contributed by atoms with van der Waals surface area (Å²) in [4.78, 5) is 128. The van der Waals surface area contributed by atoms with Crippen LogP contribution in [0.4, 0.5) is 5.69 Å². The molecule has 0 bridgehead atoms. The van der Waals surface area contributed by atoms with Gasteiger partial charge >= 0.3 is 0 Å². The quantitative estimate of drug-likeness (QED) is 0.0239. The molecule has 24 nitrogen and oxygen atoms in total. The molecule has 26 heteroatoms. The number of nitrogens with two attached hydrogens (primary N) is 3. The number of primary amides is 1. The fraction of sp³-hybridized carbons (Fsp3) is 0.382. The largest absolute Gasteiger partial charge is 0.508 e. The van der Waals surface area contributed by atoms with Crippen molar-refractivity contribution in [2.45, 2.75) is 107 Å². The molecule has 8 atom stereocenters. The van der Waals surface area contributed by atoms with E-state index in [4.69, 9.17) is 17.2 Å². The first kappa shape index (κ1) is 62.0. The van der Waals surface area contributed by atoms with Gasteiger partial charge in [-0.1, -0.05) is 90.0 Å². The molecule has 5 aromatic rings. The van der Waals surface area contributed by atoms with Crippen LogP contribution >= 0.6 is 21.6 Å². The summed E-state index contributed by atoms with van der Waals surface area (Å²) >= 11 is 0. The Morgan fingerprint density at radius 1 is 0.704 bits per heavy atom. The lowest BCUT2D eigenvalue weighted by atomic mass is 10.00. The molecule has 6 rings (SSSR count). The number of phenols is 2. The lowest BCUT2D eigenvalue weighted by Crippen LogP contribution is -2.61. The third-order valence-electron chi connectivity index (χ3n) is 13.4. The van der Waals surface area contributed by atoms with Gasteiger partial charge in [0.25, 0.3) is 5.69 Å². The Balaban J connectivity index is 1.39. The second kappa shape index (κ2) is 29.9. The van der Waals surface area contributed by atoms with Crippen LogP contribution in [-0.4, -0.2) is 134 Å². The van der Waals surface area contributed by atoms with Crippen LogP contribution in [-0.2, 0) is 64.0 Å². The fourth-order valence-electron chi connectivity index (χ4n) is 8.78. The van der Waals surface area contributed by atoms with Crippen molar-refractivity contribution in [1.29, 1.82) is 0 Å². The molecule has 0 aliphatic carbocycles. The first-order valence-corrected chi connectivity index (χ1v) is 28.6. The lowest BCUT2D eigenvalue weighted by molar-refractivity contribution is -0.384. The van der Waals surface area contributed by atoms with Gasteiger partial charge in [-0.3, -0.25) is 48.5 Å². The molecular weight excluding hydrogens is 1080 g/mol. The van der Waals surface area contributed by atoms with Crippen LogP contribution in [0.1, 0.15) is 55.4 Å². The zero-order valence-electron chi connectivity index (χ0n) is 44.6. The molecule has 4 aromatic carbocycles. The van der Waals surface area contributed by atoms with E-state index in [-0.39, 0.29) is 67.3 Å². The Morgan fingerprint density at radius 2 is 1.27 bits per heavy atom. The number of carbonyl (C=O) groups excluding carboxylic acids is 8. The van der Waals surface area contributed by atoms with Gasteiger partial charge in [0.2, 0.25) is 47.3 Å². The summed E-state index contributed by atoms with van der Waals surface area (Å²) in [5, 5.41) is 51.1. The van der Waals surface area contributed by atoms with Crippen LogP contribution in [0.3, 0.4) is 0 Å². The Morgan fingerprint density at radius 3 is 1.90 bits per heavy atom. The number of hydrogen-bond donors (Lipinski definition) is 13. The van der Waals surface area contributed by atoms with E-state index in [0.717, 1.165) is 32.5 Å². The molecule has 1 fully saturated rings. The topological polar surface area (TPSA) is 398 Å². The molecular formula is C55H68N12O12S2. The number of para-hydroxylation sites is 1. The van der Waals surface area contributed by atoms with Gasteiger partial charge in [0.05, 0.1) is 11.0 Å². The summed E-state index contributed by atoms with van der Waals surface area (Å²) in [6, 6.07) is 13.4. The third kappa shape index (κ3) is 18.4. The highest BCUT2D eigenvalue weighted by atomic mass is 33.1. The molecule has 8 amide bonds. The highest BCUT2D eigenvalue weighted by molar-refractivity contribution is 8.76. The van der Waals surface area contributed by atoms with E-state index >= 15 is 0 Å². The summed E-state index contributed by atoms with van der Waals surface area (Å²) in [7, 11) is 1.97. The summed E-state index contributed by atoms with van der Waals surface area (Å²) in [5.74, 6) is -7.91. The average molecular weight is 1150 g/mol. The molecule has 0 spiro atoms. The third-order valence-corrected chi connectivity index (χ3v) is 15.8. The van der Waals surface area contributed by atoms with Crippen molar-refractivity contribution < 1.29 is 53.5 Å². The number of rotatable bonds is 19. The number of unbranched alkanes of at least 4 members (excludes halogenated alkanes) is 1. The maximum Gasteiger partial charge on any atom is 0.269 e. The number of phenolic OH excluding ortho intramolecular Hbond substituents is 2. The summed E-state index contributed by atoms with van der Waals surface area (Å²) < 4.78 is 0. The number of aromatic nitrogens is 1. The van der Waals surface area contributed by atoms with Gasteiger partial charge in [0.1, 0.15) is 53.8 Å². The Labute approximate surface area is 474 Å². The highest BCUT2D eigenvalue weighted by Crippen LogP contribution is 2.25. The smallest absolute Gasteiger partial charge is 0.269 e. The van der Waals surface area contributed by atoms with Crippen molar-refractivity contribution in [1.82, 2.24) is 42.2 Å². The maximum atomic E-state index is 14.9. The Bertz CT molecular complexity index is 3020. The predicted octanol–water partition coefficient (Wildman–Crippen LogP) is 1.14. The summed E-state index contributed by atoms with van der Waals surface area (Å²) in [6.07, 6.45) is 2.03. The van der Waals surface area contributed by atoms with Gasteiger partial charge in [-0.25, -0.2) is 0 Å². The van der Waals surface area contributed by atoms with Gasteiger partial charge in [0, 0.05) is 60.0 Å². The van der Waals surface area contributed by atoms with Gasteiger partial charge in [0.15, 0.2) is 0 Å². The SMILES string of the molecule is CC(C)C1NC(=O)[C@H](CCCCN)NC(=O)C(Cc2c[nH]c3ccccc23)NC(=O)[C@H](Cc2ccc(O)cc2)NC(=O)C(NC(=O)[C@@H](N)Cc2ccc([N+](=O)[O-])cc2)CSSCC(C(=O)N[C@@H](Cc2ccc(O)cc2)C(N)=O)NC1=O. The summed E-state index contributed by atoms with van der Waals surface area (Å²) in [6.45, 7) is 3.58.